The van der Waals surface area contributed by atoms with Crippen molar-refractivity contribution in [1.82, 2.24) is 15.0 Å². The Morgan fingerprint density at radius 2 is 0.776 bits per heavy atom. The van der Waals surface area contributed by atoms with Gasteiger partial charge >= 0.3 is 0 Å². The summed E-state index contributed by atoms with van der Waals surface area (Å²) in [7, 11) is 0. The predicted molar refractivity (Wildman–Crippen MR) is 200 cm³/mol. The van der Waals surface area contributed by atoms with E-state index >= 15 is 0 Å². The zero-order valence-corrected chi connectivity index (χ0v) is 25.6. The second-order valence-corrected chi connectivity index (χ2v) is 11.2. The van der Waals surface area contributed by atoms with Crippen molar-refractivity contribution in [3.05, 3.63) is 176 Å². The van der Waals surface area contributed by atoms with Gasteiger partial charge in [0.05, 0.1) is 15.1 Å². The van der Waals surface area contributed by atoms with Crippen molar-refractivity contribution in [3.8, 4) is 67.5 Å². The van der Waals surface area contributed by atoms with Crippen LogP contribution in [0.4, 0.5) is 0 Å². The van der Waals surface area contributed by atoms with Crippen molar-refractivity contribution in [3.63, 3.8) is 0 Å². The highest BCUT2D eigenvalue weighted by molar-refractivity contribution is 6.05. The molecule has 0 fully saturated rings. The number of nitrogens with zero attached hydrogens (tertiary/aromatic N) is 3. The maximum atomic E-state index is 9.18. The van der Waals surface area contributed by atoms with Crippen LogP contribution in [-0.2, 0) is 0 Å². The first-order valence-corrected chi connectivity index (χ1v) is 15.5. The predicted octanol–water partition coefficient (Wildman–Crippen LogP) is 11.8. The van der Waals surface area contributed by atoms with Crippen LogP contribution in [0.5, 0.6) is 0 Å². The van der Waals surface area contributed by atoms with E-state index in [4.69, 9.17) is 21.7 Å². The summed E-state index contributed by atoms with van der Waals surface area (Å²) in [6.45, 7) is 0. The summed E-state index contributed by atoms with van der Waals surface area (Å²) in [6, 6.07) is 28.6. The second-order valence-electron chi connectivity index (χ2n) is 11.2. The first-order chi connectivity index (χ1) is 28.8. The van der Waals surface area contributed by atoms with Crippen LogP contribution in [0.1, 0.15) is 15.1 Å². The van der Waals surface area contributed by atoms with Crippen molar-refractivity contribution >= 4 is 21.9 Å². The lowest BCUT2D eigenvalue weighted by Gasteiger charge is -2.10. The van der Waals surface area contributed by atoms with Crippen LogP contribution in [0.15, 0.2) is 180 Å². The molecule has 0 saturated carbocycles. The van der Waals surface area contributed by atoms with Crippen molar-refractivity contribution in [2.24, 2.45) is 0 Å². The second kappa shape index (κ2) is 12.2. The van der Waals surface area contributed by atoms with E-state index in [0.717, 1.165) is 22.3 Å². The van der Waals surface area contributed by atoms with Crippen LogP contribution in [0, 0.1) is 0 Å². The lowest BCUT2D eigenvalue weighted by Crippen LogP contribution is -2.00. The molecule has 0 aliphatic carbocycles. The molecule has 4 nitrogen and oxygen atoms in total. The number of hydrogen-bond acceptors (Lipinski definition) is 4. The molecular formula is C45H29N3O. The topological polar surface area (TPSA) is 51.8 Å². The summed E-state index contributed by atoms with van der Waals surface area (Å²) in [5.41, 5.74) is 3.61. The Labute approximate surface area is 299 Å². The Morgan fingerprint density at radius 1 is 0.347 bits per heavy atom. The third kappa shape index (κ3) is 5.56. The Balaban J connectivity index is 1.17. The van der Waals surface area contributed by atoms with Crippen molar-refractivity contribution in [2.75, 3.05) is 0 Å². The molecule has 2 heterocycles. The summed E-state index contributed by atoms with van der Waals surface area (Å²) in [4.78, 5) is 14.1. The molecule has 49 heavy (non-hydrogen) atoms. The fourth-order valence-electron chi connectivity index (χ4n) is 5.60. The molecule has 0 aliphatic heterocycles. The number of fused-ring (bicyclic) bond motifs is 3. The summed E-state index contributed by atoms with van der Waals surface area (Å²) in [6.07, 6.45) is 0. The minimum absolute atomic E-state index is 0.141. The van der Waals surface area contributed by atoms with Crippen molar-refractivity contribution in [1.29, 1.82) is 0 Å². The van der Waals surface area contributed by atoms with Gasteiger partial charge in [-0.3, -0.25) is 0 Å². The molecule has 0 atom stereocenters. The lowest BCUT2D eigenvalue weighted by atomic mass is 9.99. The molecule has 0 aliphatic rings. The smallest absolute Gasteiger partial charge is 0.164 e. The maximum Gasteiger partial charge on any atom is 0.164 e. The number of rotatable bonds is 6. The average Bonchev–Trinajstić information content (AvgIpc) is 3.70. The van der Waals surface area contributed by atoms with Crippen molar-refractivity contribution in [2.45, 2.75) is 0 Å². The Morgan fingerprint density at radius 3 is 1.39 bits per heavy atom. The highest BCUT2D eigenvalue weighted by atomic mass is 16.3. The van der Waals surface area contributed by atoms with Crippen LogP contribution < -0.4 is 0 Å². The van der Waals surface area contributed by atoms with Gasteiger partial charge in [0.1, 0.15) is 11.2 Å². The molecule has 230 valence electrons. The van der Waals surface area contributed by atoms with E-state index in [0.29, 0.717) is 11.1 Å². The van der Waals surface area contributed by atoms with E-state index in [1.807, 2.05) is 72.8 Å². The normalized spacial score (nSPS) is 14.4. The largest absolute Gasteiger partial charge is 0.456 e. The molecule has 0 bridgehead atoms. The van der Waals surface area contributed by atoms with E-state index in [9.17, 15) is 2.74 Å². The number of furan rings is 1. The molecule has 9 rings (SSSR count). The van der Waals surface area contributed by atoms with Crippen LogP contribution in [0.3, 0.4) is 0 Å². The zero-order valence-electron chi connectivity index (χ0n) is 36.6. The Kier molecular flexibility index (Phi) is 4.78. The third-order valence-electron chi connectivity index (χ3n) is 8.12. The van der Waals surface area contributed by atoms with E-state index in [1.54, 1.807) is 12.1 Å². The minimum Gasteiger partial charge on any atom is -0.456 e. The fourth-order valence-corrected chi connectivity index (χ4v) is 5.60. The van der Waals surface area contributed by atoms with E-state index < -0.39 is 77.6 Å². The van der Waals surface area contributed by atoms with Gasteiger partial charge in [0.25, 0.3) is 0 Å². The zero-order chi connectivity index (χ0) is 42.1. The quantitative estimate of drug-likeness (QED) is 0.182. The molecule has 0 amide bonds. The Hall–Kier alpha value is -6.65. The van der Waals surface area contributed by atoms with Gasteiger partial charge in [0, 0.05) is 27.5 Å². The summed E-state index contributed by atoms with van der Waals surface area (Å²) in [5, 5.41) is -0.362. The first-order valence-electron chi connectivity index (χ1n) is 21.0. The molecule has 2 aromatic heterocycles. The van der Waals surface area contributed by atoms with Gasteiger partial charge in [-0.25, -0.2) is 15.0 Å². The molecule has 4 heteroatoms. The lowest BCUT2D eigenvalue weighted by molar-refractivity contribution is 0.669. The van der Waals surface area contributed by atoms with E-state index in [2.05, 4.69) is 34.2 Å². The highest BCUT2D eigenvalue weighted by Crippen LogP contribution is 2.33. The van der Waals surface area contributed by atoms with Crippen molar-refractivity contribution < 1.29 is 19.5 Å². The molecule has 9 aromatic rings. The van der Waals surface area contributed by atoms with Gasteiger partial charge in [-0.15, -0.1) is 0 Å². The van der Waals surface area contributed by atoms with Gasteiger partial charge in [0.15, 0.2) is 17.5 Å². The van der Waals surface area contributed by atoms with Gasteiger partial charge in [-0.1, -0.05) is 158 Å². The monoisotopic (exact) mass is 638 g/mol. The summed E-state index contributed by atoms with van der Waals surface area (Å²) >= 11 is 0. The van der Waals surface area contributed by atoms with Gasteiger partial charge in [-0.05, 0) is 51.5 Å². The highest BCUT2D eigenvalue weighted by Gasteiger charge is 2.14. The minimum atomic E-state index is -0.638. The molecule has 0 unspecified atom stereocenters. The molecular weight excluding hydrogens is 599 g/mol. The standard InChI is InChI=1S/C45H29N3O/c1-3-9-30(10-4-1)31-15-17-32(18-16-31)33-19-23-36(24-20-33)44-46-43(35-11-5-2-6-12-35)47-45(48-44)37-25-21-34(22-26-37)38-27-28-40-39-13-7-8-14-41(39)49-42(40)29-38/h1-29H/i7D,8D,13D,14D,21D,22D,25D,26D,27D,28D,29D. The van der Waals surface area contributed by atoms with Gasteiger partial charge in [-0.2, -0.15) is 0 Å². The van der Waals surface area contributed by atoms with E-state index in [-0.39, 0.29) is 45.0 Å². The number of hydrogen-bond donors (Lipinski definition) is 0. The SMILES string of the molecule is [2H]c1c([2H])c(-c2c([2H])c([2H])c3c(oc4c([2H])c([2H])c([2H])c([2H])c43)c2[2H])c([2H])c([2H])c1-c1nc(-c2ccccc2)nc(-c2ccc(-c3ccc(-c4ccccc4)cc3)cc2)n1. The van der Waals surface area contributed by atoms with Gasteiger partial charge < -0.3 is 4.42 Å². The summed E-state index contributed by atoms with van der Waals surface area (Å²) < 4.78 is 102. The maximum absolute atomic E-state index is 9.18. The molecule has 7 aromatic carbocycles. The molecule has 0 radical (unpaired) electrons. The van der Waals surface area contributed by atoms with E-state index in [1.165, 1.54) is 0 Å². The molecule has 0 saturated heterocycles. The molecule has 0 N–H and O–H groups in total. The van der Waals surface area contributed by atoms with Crippen LogP contribution in [0.2, 0.25) is 0 Å². The third-order valence-corrected chi connectivity index (χ3v) is 8.12. The molecule has 0 spiro atoms. The Bertz CT molecular complexity index is 3170. The first kappa shape index (κ1) is 19.2. The number of aromatic nitrogens is 3. The number of para-hydroxylation sites is 1. The van der Waals surface area contributed by atoms with Crippen LogP contribution in [-0.4, -0.2) is 15.0 Å². The number of benzene rings is 7. The van der Waals surface area contributed by atoms with Crippen LogP contribution in [0.25, 0.3) is 89.5 Å². The average molecular weight is 639 g/mol. The summed E-state index contributed by atoms with van der Waals surface area (Å²) in [5.74, 6) is 0.302. The fraction of sp³-hybridized carbons (Fsp3) is 0. The van der Waals surface area contributed by atoms with Crippen LogP contribution >= 0.6 is 0 Å². The van der Waals surface area contributed by atoms with Gasteiger partial charge in [0.2, 0.25) is 0 Å².